The first-order valence-electron chi connectivity index (χ1n) is 9.79. The summed E-state index contributed by atoms with van der Waals surface area (Å²) in [5.41, 5.74) is 1.31. The second-order valence-corrected chi connectivity index (χ2v) is 8.93. The normalized spacial score (nSPS) is 10.6. The van der Waals surface area contributed by atoms with Crippen molar-refractivity contribution >= 4 is 50.6 Å². The number of carbonyl (C=O) groups excluding carboxylic acids is 2. The fraction of sp³-hybridized carbons (Fsp3) is 0.0870. The molecule has 0 aliphatic carbocycles. The van der Waals surface area contributed by atoms with Crippen molar-refractivity contribution in [2.45, 2.75) is 4.90 Å². The number of methoxy groups -OCH3 is 2. The van der Waals surface area contributed by atoms with E-state index < -0.39 is 21.9 Å². The lowest BCUT2D eigenvalue weighted by Crippen LogP contribution is -2.34. The molecular formula is C23H21N3O6S2. The average molecular weight is 500 g/mol. The Morgan fingerprint density at radius 2 is 1.47 bits per heavy atom. The molecule has 0 spiro atoms. The van der Waals surface area contributed by atoms with E-state index in [1.54, 1.807) is 30.3 Å². The first-order chi connectivity index (χ1) is 16.2. The van der Waals surface area contributed by atoms with E-state index in [0.717, 1.165) is 0 Å². The third kappa shape index (κ3) is 6.30. The van der Waals surface area contributed by atoms with Gasteiger partial charge < -0.3 is 14.8 Å². The second kappa shape index (κ2) is 10.8. The van der Waals surface area contributed by atoms with Crippen LogP contribution < -0.4 is 20.1 Å². The third-order valence-corrected chi connectivity index (χ3v) is 6.14. The molecule has 0 fully saturated rings. The molecule has 3 aromatic carbocycles. The molecule has 0 saturated carbocycles. The topological polar surface area (TPSA) is 123 Å². The number of hydrogen-bond donors (Lipinski definition) is 3. The Kier molecular flexibility index (Phi) is 7.82. The highest BCUT2D eigenvalue weighted by molar-refractivity contribution is 7.92. The van der Waals surface area contributed by atoms with E-state index in [4.69, 9.17) is 17.0 Å². The number of anilines is 2. The Morgan fingerprint density at radius 3 is 2.09 bits per heavy atom. The van der Waals surface area contributed by atoms with Crippen molar-refractivity contribution in [1.29, 1.82) is 0 Å². The first-order valence-corrected chi connectivity index (χ1v) is 11.7. The molecule has 1 amide bonds. The van der Waals surface area contributed by atoms with Gasteiger partial charge in [-0.2, -0.15) is 0 Å². The molecule has 9 nitrogen and oxygen atoms in total. The number of nitrogens with one attached hydrogen (secondary N) is 3. The predicted molar refractivity (Wildman–Crippen MR) is 132 cm³/mol. The number of hydrogen-bond acceptors (Lipinski definition) is 7. The van der Waals surface area contributed by atoms with Gasteiger partial charge in [-0.1, -0.05) is 6.07 Å². The van der Waals surface area contributed by atoms with Crippen molar-refractivity contribution in [3.05, 3.63) is 83.9 Å². The van der Waals surface area contributed by atoms with E-state index in [0.29, 0.717) is 17.1 Å². The summed E-state index contributed by atoms with van der Waals surface area (Å²) in [6.07, 6.45) is 0. The van der Waals surface area contributed by atoms with Crippen molar-refractivity contribution < 1.29 is 27.5 Å². The zero-order valence-corrected chi connectivity index (χ0v) is 19.8. The molecule has 0 bridgehead atoms. The molecule has 11 heteroatoms. The lowest BCUT2D eigenvalue weighted by Gasteiger charge is -2.12. The molecular weight excluding hydrogens is 478 g/mol. The van der Waals surface area contributed by atoms with E-state index in [2.05, 4.69) is 20.1 Å². The monoisotopic (exact) mass is 499 g/mol. The zero-order chi connectivity index (χ0) is 24.7. The first kappa shape index (κ1) is 24.7. The second-order valence-electron chi connectivity index (χ2n) is 6.84. The smallest absolute Gasteiger partial charge is 0.337 e. The van der Waals surface area contributed by atoms with Crippen LogP contribution in [0, 0.1) is 0 Å². The molecule has 0 radical (unpaired) electrons. The van der Waals surface area contributed by atoms with Crippen LogP contribution in [-0.4, -0.2) is 39.6 Å². The summed E-state index contributed by atoms with van der Waals surface area (Å²) in [5, 5.41) is 5.32. The number of rotatable bonds is 7. The van der Waals surface area contributed by atoms with Crippen LogP contribution in [0.15, 0.2) is 77.7 Å². The van der Waals surface area contributed by atoms with Gasteiger partial charge in [0.25, 0.3) is 15.9 Å². The Labute approximate surface area is 202 Å². The number of carbonyl (C=O) groups is 2. The lowest BCUT2D eigenvalue weighted by molar-refractivity contribution is 0.0600. The zero-order valence-electron chi connectivity index (χ0n) is 18.2. The standard InChI is InChI=1S/C23H21N3O6S2/c1-31-19-10-6-18(7-11-19)26-34(29,30)20-12-8-17(9-13-20)24-23(33)25-21(27)15-4-3-5-16(14-15)22(28)32-2/h3-14,26H,1-2H3,(H2,24,25,27,33). The van der Waals surface area contributed by atoms with Gasteiger partial charge in [-0.05, 0) is 78.9 Å². The number of amides is 1. The highest BCUT2D eigenvalue weighted by Crippen LogP contribution is 2.20. The average Bonchev–Trinajstić information content (AvgIpc) is 2.84. The Balaban J connectivity index is 1.62. The van der Waals surface area contributed by atoms with Crippen LogP contribution >= 0.6 is 12.2 Å². The van der Waals surface area contributed by atoms with Gasteiger partial charge in [0.1, 0.15) is 5.75 Å². The molecule has 3 aromatic rings. The van der Waals surface area contributed by atoms with Gasteiger partial charge in [-0.25, -0.2) is 13.2 Å². The minimum Gasteiger partial charge on any atom is -0.497 e. The molecule has 0 unspecified atom stereocenters. The largest absolute Gasteiger partial charge is 0.497 e. The minimum atomic E-state index is -3.81. The number of ether oxygens (including phenoxy) is 2. The molecule has 3 N–H and O–H groups in total. The van der Waals surface area contributed by atoms with Crippen molar-refractivity contribution in [3.63, 3.8) is 0 Å². The van der Waals surface area contributed by atoms with Gasteiger partial charge in [-0.15, -0.1) is 0 Å². The number of benzene rings is 3. The SMILES string of the molecule is COC(=O)c1cccc(C(=O)NC(=S)Nc2ccc(S(=O)(=O)Nc3ccc(OC)cc3)cc2)c1. The van der Waals surface area contributed by atoms with Crippen LogP contribution in [0.5, 0.6) is 5.75 Å². The third-order valence-electron chi connectivity index (χ3n) is 4.54. The maximum Gasteiger partial charge on any atom is 0.337 e. The van der Waals surface area contributed by atoms with E-state index in [1.165, 1.54) is 56.7 Å². The van der Waals surface area contributed by atoms with Gasteiger partial charge in [-0.3, -0.25) is 14.8 Å². The molecule has 0 saturated heterocycles. The maximum absolute atomic E-state index is 12.6. The molecule has 0 heterocycles. The van der Waals surface area contributed by atoms with Gasteiger partial charge >= 0.3 is 5.97 Å². The summed E-state index contributed by atoms with van der Waals surface area (Å²) >= 11 is 5.16. The Morgan fingerprint density at radius 1 is 0.853 bits per heavy atom. The van der Waals surface area contributed by atoms with Crippen LogP contribution in [-0.2, 0) is 14.8 Å². The Bertz CT molecular complexity index is 1310. The van der Waals surface area contributed by atoms with Gasteiger partial charge in [0.2, 0.25) is 0 Å². The van der Waals surface area contributed by atoms with Crippen LogP contribution in [0.3, 0.4) is 0 Å². The van der Waals surface area contributed by atoms with Gasteiger partial charge in [0.15, 0.2) is 5.11 Å². The maximum atomic E-state index is 12.6. The molecule has 0 aromatic heterocycles. The molecule has 176 valence electrons. The molecule has 0 atom stereocenters. The number of thiocarbonyl (C=S) groups is 1. The van der Waals surface area contributed by atoms with Crippen LogP contribution in [0.2, 0.25) is 0 Å². The molecule has 0 aliphatic heterocycles. The summed E-state index contributed by atoms with van der Waals surface area (Å²) < 4.78 is 37.4. The highest BCUT2D eigenvalue weighted by atomic mass is 32.2. The van der Waals surface area contributed by atoms with E-state index in [9.17, 15) is 18.0 Å². The minimum absolute atomic E-state index is 0.000404. The lowest BCUT2D eigenvalue weighted by atomic mass is 10.1. The molecule has 3 rings (SSSR count). The van der Waals surface area contributed by atoms with E-state index >= 15 is 0 Å². The quantitative estimate of drug-likeness (QED) is 0.334. The van der Waals surface area contributed by atoms with Crippen molar-refractivity contribution in [2.24, 2.45) is 0 Å². The molecule has 34 heavy (non-hydrogen) atoms. The summed E-state index contributed by atoms with van der Waals surface area (Å²) in [6, 6.07) is 18.3. The summed E-state index contributed by atoms with van der Waals surface area (Å²) in [7, 11) is -1.03. The summed E-state index contributed by atoms with van der Waals surface area (Å²) in [4.78, 5) is 24.1. The van der Waals surface area contributed by atoms with Gasteiger partial charge in [0, 0.05) is 16.9 Å². The fourth-order valence-electron chi connectivity index (χ4n) is 2.83. The number of esters is 1. The van der Waals surface area contributed by atoms with Gasteiger partial charge in [0.05, 0.1) is 24.7 Å². The van der Waals surface area contributed by atoms with Crippen LogP contribution in [0.25, 0.3) is 0 Å². The van der Waals surface area contributed by atoms with Crippen LogP contribution in [0.4, 0.5) is 11.4 Å². The Hall–Kier alpha value is -3.96. The molecule has 0 aliphatic rings. The highest BCUT2D eigenvalue weighted by Gasteiger charge is 2.15. The predicted octanol–water partition coefficient (Wildman–Crippen LogP) is 3.41. The number of sulfonamides is 1. The fourth-order valence-corrected chi connectivity index (χ4v) is 4.10. The van der Waals surface area contributed by atoms with Crippen LogP contribution in [0.1, 0.15) is 20.7 Å². The van der Waals surface area contributed by atoms with Crippen molar-refractivity contribution in [1.82, 2.24) is 5.32 Å². The van der Waals surface area contributed by atoms with Crippen molar-refractivity contribution in [3.8, 4) is 5.75 Å². The summed E-state index contributed by atoms with van der Waals surface area (Å²) in [6.45, 7) is 0. The summed E-state index contributed by atoms with van der Waals surface area (Å²) in [5.74, 6) is -0.476. The van der Waals surface area contributed by atoms with Crippen molar-refractivity contribution in [2.75, 3.05) is 24.3 Å². The van der Waals surface area contributed by atoms with E-state index in [1.807, 2.05) is 0 Å². The van der Waals surface area contributed by atoms with E-state index in [-0.39, 0.29) is 21.1 Å².